The maximum absolute atomic E-state index is 5.01. The smallest absolute Gasteiger partial charge is 0.164 e. The first-order valence-corrected chi connectivity index (χ1v) is 19.2. The Bertz CT molecular complexity index is 3230. The summed E-state index contributed by atoms with van der Waals surface area (Å²) in [5.74, 6) is 1.91. The van der Waals surface area contributed by atoms with E-state index in [-0.39, 0.29) is 0 Å². The molecule has 0 radical (unpaired) electrons. The Labute approximate surface area is 321 Å². The molecule has 8 aromatic carbocycles. The van der Waals surface area contributed by atoms with Crippen LogP contribution in [0, 0.1) is 0 Å². The van der Waals surface area contributed by atoms with Gasteiger partial charge in [0, 0.05) is 49.3 Å². The van der Waals surface area contributed by atoms with Gasteiger partial charge in [-0.05, 0) is 84.9 Å². The minimum atomic E-state index is 0.632. The van der Waals surface area contributed by atoms with E-state index < -0.39 is 0 Å². The summed E-state index contributed by atoms with van der Waals surface area (Å²) in [5.41, 5.74) is 7.26. The standard InChI is InChI=1S/C50H30N4S/c1-2-9-33(10-3-1)48-52-49(54-50(53-48)35-22-18-32(19-23-35)37-11-8-26-51-30-37)34-20-16-31(17-21-34)36-24-25-40-42(27-36)38-12-4-5-13-39(38)43-28-45-41-14-6-7-15-46(41)55-47(45)29-44(40)43/h1-30H. The lowest BCUT2D eigenvalue weighted by Gasteiger charge is -2.13. The highest BCUT2D eigenvalue weighted by Gasteiger charge is 2.15. The van der Waals surface area contributed by atoms with Crippen LogP contribution in [-0.4, -0.2) is 19.9 Å². The lowest BCUT2D eigenvalue weighted by atomic mass is 9.91. The summed E-state index contributed by atoms with van der Waals surface area (Å²) >= 11 is 1.87. The van der Waals surface area contributed by atoms with Gasteiger partial charge in [0.1, 0.15) is 0 Å². The maximum atomic E-state index is 5.01. The first-order valence-electron chi connectivity index (χ1n) is 18.4. The van der Waals surface area contributed by atoms with Gasteiger partial charge < -0.3 is 0 Å². The molecule has 5 heteroatoms. The van der Waals surface area contributed by atoms with E-state index >= 15 is 0 Å². The molecule has 0 saturated heterocycles. The van der Waals surface area contributed by atoms with Gasteiger partial charge in [-0.15, -0.1) is 11.3 Å². The van der Waals surface area contributed by atoms with Gasteiger partial charge in [0.25, 0.3) is 0 Å². The summed E-state index contributed by atoms with van der Waals surface area (Å²) in [6.45, 7) is 0. The Morgan fingerprint density at radius 3 is 1.44 bits per heavy atom. The van der Waals surface area contributed by atoms with Crippen molar-refractivity contribution in [2.75, 3.05) is 0 Å². The van der Waals surface area contributed by atoms with Crippen molar-refractivity contribution in [1.29, 1.82) is 0 Å². The first kappa shape index (κ1) is 31.4. The van der Waals surface area contributed by atoms with Crippen molar-refractivity contribution in [2.45, 2.75) is 0 Å². The van der Waals surface area contributed by atoms with Gasteiger partial charge >= 0.3 is 0 Å². The highest BCUT2D eigenvalue weighted by molar-refractivity contribution is 7.25. The Morgan fingerprint density at radius 2 is 0.782 bits per heavy atom. The zero-order valence-corrected chi connectivity index (χ0v) is 30.3. The van der Waals surface area contributed by atoms with Crippen molar-refractivity contribution < 1.29 is 0 Å². The number of aromatic nitrogens is 4. The summed E-state index contributed by atoms with van der Waals surface area (Å²) < 4.78 is 2.65. The molecule has 0 N–H and O–H groups in total. The van der Waals surface area contributed by atoms with Gasteiger partial charge in [-0.25, -0.2) is 15.0 Å². The lowest BCUT2D eigenvalue weighted by molar-refractivity contribution is 1.07. The molecular weight excluding hydrogens is 689 g/mol. The van der Waals surface area contributed by atoms with E-state index in [1.165, 1.54) is 58.1 Å². The van der Waals surface area contributed by atoms with E-state index in [0.717, 1.165) is 33.4 Å². The molecule has 11 aromatic rings. The number of rotatable bonds is 5. The maximum Gasteiger partial charge on any atom is 0.164 e. The topological polar surface area (TPSA) is 51.6 Å². The Balaban J connectivity index is 0.999. The number of hydrogen-bond acceptors (Lipinski definition) is 5. The molecule has 0 bridgehead atoms. The van der Waals surface area contributed by atoms with Gasteiger partial charge in [0.15, 0.2) is 17.5 Å². The second kappa shape index (κ2) is 12.8. The van der Waals surface area contributed by atoms with Crippen molar-refractivity contribution in [3.8, 4) is 56.4 Å². The monoisotopic (exact) mass is 718 g/mol. The molecule has 0 aliphatic rings. The second-order valence-corrected chi connectivity index (χ2v) is 15.0. The predicted molar refractivity (Wildman–Crippen MR) is 230 cm³/mol. The van der Waals surface area contributed by atoms with Crippen LogP contribution in [0.5, 0.6) is 0 Å². The van der Waals surface area contributed by atoms with Crippen LogP contribution in [0.3, 0.4) is 0 Å². The van der Waals surface area contributed by atoms with E-state index in [9.17, 15) is 0 Å². The quantitative estimate of drug-likeness (QED) is 0.166. The zero-order valence-electron chi connectivity index (χ0n) is 29.5. The van der Waals surface area contributed by atoms with Gasteiger partial charge in [0.2, 0.25) is 0 Å². The van der Waals surface area contributed by atoms with Gasteiger partial charge in [-0.1, -0.05) is 140 Å². The van der Waals surface area contributed by atoms with Crippen LogP contribution in [0.1, 0.15) is 0 Å². The number of fused-ring (bicyclic) bond motifs is 9. The molecule has 55 heavy (non-hydrogen) atoms. The first-order chi connectivity index (χ1) is 27.2. The average molecular weight is 719 g/mol. The third kappa shape index (κ3) is 5.44. The number of thiophene rings is 1. The molecule has 0 spiro atoms. The van der Waals surface area contributed by atoms with Crippen LogP contribution in [0.15, 0.2) is 182 Å². The van der Waals surface area contributed by atoms with Crippen LogP contribution in [0.2, 0.25) is 0 Å². The van der Waals surface area contributed by atoms with E-state index in [1.54, 1.807) is 6.20 Å². The summed E-state index contributed by atoms with van der Waals surface area (Å²) in [4.78, 5) is 19.2. The van der Waals surface area contributed by atoms with Crippen LogP contribution in [0.4, 0.5) is 0 Å². The molecule has 0 fully saturated rings. The molecule has 0 saturated carbocycles. The zero-order chi connectivity index (χ0) is 36.3. The van der Waals surface area contributed by atoms with Crippen molar-refractivity contribution in [1.82, 2.24) is 19.9 Å². The Hall–Kier alpha value is -7.08. The molecule has 0 aliphatic carbocycles. The van der Waals surface area contributed by atoms with E-state index in [1.807, 2.05) is 53.9 Å². The molecule has 4 nitrogen and oxygen atoms in total. The van der Waals surface area contributed by atoms with Gasteiger partial charge in [-0.3, -0.25) is 4.98 Å². The number of benzene rings is 8. The summed E-state index contributed by atoms with van der Waals surface area (Å²) in [5, 5.41) is 10.3. The van der Waals surface area contributed by atoms with Crippen LogP contribution in [-0.2, 0) is 0 Å². The third-order valence-corrected chi connectivity index (χ3v) is 11.7. The van der Waals surface area contributed by atoms with Crippen LogP contribution in [0.25, 0.3) is 109 Å². The lowest BCUT2D eigenvalue weighted by Crippen LogP contribution is -2.00. The molecule has 0 unspecified atom stereocenters. The van der Waals surface area contributed by atoms with E-state index in [2.05, 4.69) is 138 Å². The predicted octanol–water partition coefficient (Wildman–Crippen LogP) is 13.4. The van der Waals surface area contributed by atoms with Crippen molar-refractivity contribution in [3.05, 3.63) is 182 Å². The molecule has 3 aromatic heterocycles. The van der Waals surface area contributed by atoms with Crippen LogP contribution < -0.4 is 0 Å². The molecule has 0 aliphatic heterocycles. The fraction of sp³-hybridized carbons (Fsp3) is 0. The highest BCUT2D eigenvalue weighted by Crippen LogP contribution is 2.42. The van der Waals surface area contributed by atoms with Crippen molar-refractivity contribution in [3.63, 3.8) is 0 Å². The second-order valence-electron chi connectivity index (χ2n) is 13.9. The fourth-order valence-electron chi connectivity index (χ4n) is 7.86. The Kier molecular flexibility index (Phi) is 7.32. The number of hydrogen-bond donors (Lipinski definition) is 0. The minimum Gasteiger partial charge on any atom is -0.264 e. The van der Waals surface area contributed by atoms with Crippen molar-refractivity contribution >= 4 is 63.8 Å². The van der Waals surface area contributed by atoms with Crippen LogP contribution >= 0.6 is 11.3 Å². The fourth-order valence-corrected chi connectivity index (χ4v) is 8.99. The van der Waals surface area contributed by atoms with Gasteiger partial charge in [0.05, 0.1) is 0 Å². The molecular formula is C50H30N4S. The minimum absolute atomic E-state index is 0.632. The number of pyridine rings is 1. The van der Waals surface area contributed by atoms with Gasteiger partial charge in [-0.2, -0.15) is 0 Å². The van der Waals surface area contributed by atoms with E-state index in [0.29, 0.717) is 17.5 Å². The molecule has 11 rings (SSSR count). The molecule has 3 heterocycles. The molecule has 0 atom stereocenters. The molecule has 256 valence electrons. The Morgan fingerprint density at radius 1 is 0.291 bits per heavy atom. The summed E-state index contributed by atoms with van der Waals surface area (Å²) in [7, 11) is 0. The summed E-state index contributed by atoms with van der Waals surface area (Å²) in [6, 6.07) is 60.3. The average Bonchev–Trinajstić information content (AvgIpc) is 3.64. The van der Waals surface area contributed by atoms with Crippen molar-refractivity contribution in [2.24, 2.45) is 0 Å². The third-order valence-electron chi connectivity index (χ3n) is 10.6. The highest BCUT2D eigenvalue weighted by atomic mass is 32.1. The number of nitrogens with zero attached hydrogens (tertiary/aromatic N) is 4. The normalized spacial score (nSPS) is 11.6. The largest absolute Gasteiger partial charge is 0.264 e. The SMILES string of the molecule is c1ccc(-c2nc(-c3ccc(-c4cccnc4)cc3)nc(-c3ccc(-c4ccc5c(c4)c4ccccc4c4cc6c(cc54)sc4ccccc46)cc3)n2)cc1. The summed E-state index contributed by atoms with van der Waals surface area (Å²) in [6.07, 6.45) is 3.66. The van der Waals surface area contributed by atoms with E-state index in [4.69, 9.17) is 15.0 Å². The molecule has 0 amide bonds.